The maximum Gasteiger partial charge on any atom is 0.317 e. The first-order valence-corrected chi connectivity index (χ1v) is 9.17. The van der Waals surface area contributed by atoms with Crippen LogP contribution in [0.15, 0.2) is 54.6 Å². The van der Waals surface area contributed by atoms with Gasteiger partial charge in [0.05, 0.1) is 7.11 Å². The number of nitrogens with zero attached hydrogens (tertiary/aromatic N) is 2. The fraction of sp³-hybridized carbons (Fsp3) is 0.381. The molecule has 5 nitrogen and oxygen atoms in total. The van der Waals surface area contributed by atoms with Crippen LogP contribution in [0.25, 0.3) is 0 Å². The number of urea groups is 1. The van der Waals surface area contributed by atoms with Crippen molar-refractivity contribution in [2.75, 3.05) is 39.8 Å². The summed E-state index contributed by atoms with van der Waals surface area (Å²) in [5.41, 5.74) is 2.36. The van der Waals surface area contributed by atoms with Crippen LogP contribution < -0.4 is 10.1 Å². The molecule has 1 heterocycles. The van der Waals surface area contributed by atoms with E-state index in [1.807, 2.05) is 53.4 Å². The van der Waals surface area contributed by atoms with Crippen LogP contribution in [0.5, 0.6) is 5.75 Å². The van der Waals surface area contributed by atoms with E-state index in [1.54, 1.807) is 7.11 Å². The van der Waals surface area contributed by atoms with Crippen molar-refractivity contribution in [3.05, 3.63) is 65.7 Å². The number of para-hydroxylation sites is 1. The van der Waals surface area contributed by atoms with Gasteiger partial charge in [-0.15, -0.1) is 0 Å². The Bertz CT molecular complexity index is 697. The molecule has 26 heavy (non-hydrogen) atoms. The summed E-state index contributed by atoms with van der Waals surface area (Å²) < 4.78 is 5.42. The second kappa shape index (κ2) is 9.25. The molecule has 0 unspecified atom stereocenters. The highest BCUT2D eigenvalue weighted by atomic mass is 16.5. The van der Waals surface area contributed by atoms with Crippen LogP contribution in [0.3, 0.4) is 0 Å². The molecule has 0 spiro atoms. The lowest BCUT2D eigenvalue weighted by atomic mass is 10.1. The lowest BCUT2D eigenvalue weighted by molar-refractivity contribution is 0.139. The zero-order chi connectivity index (χ0) is 18.2. The van der Waals surface area contributed by atoms with Gasteiger partial charge < -0.3 is 15.0 Å². The molecule has 2 amide bonds. The summed E-state index contributed by atoms with van der Waals surface area (Å²) in [6.07, 6.45) is 0.963. The molecule has 0 bridgehead atoms. The summed E-state index contributed by atoms with van der Waals surface area (Å²) in [6, 6.07) is 18.2. The van der Waals surface area contributed by atoms with Crippen LogP contribution in [0.1, 0.15) is 11.1 Å². The number of ether oxygens (including phenoxy) is 1. The lowest BCUT2D eigenvalue weighted by Crippen LogP contribution is -2.51. The number of hydrogen-bond donors (Lipinski definition) is 1. The summed E-state index contributed by atoms with van der Waals surface area (Å²) in [6.45, 7) is 4.93. The Balaban J connectivity index is 1.40. The first kappa shape index (κ1) is 18.3. The predicted octanol–water partition coefficient (Wildman–Crippen LogP) is 2.77. The summed E-state index contributed by atoms with van der Waals surface area (Å²) in [7, 11) is 1.71. The maximum atomic E-state index is 12.3. The van der Waals surface area contributed by atoms with E-state index in [1.165, 1.54) is 5.56 Å². The van der Waals surface area contributed by atoms with Crippen molar-refractivity contribution in [3.8, 4) is 5.75 Å². The molecular formula is C21H27N3O2. The van der Waals surface area contributed by atoms with Crippen LogP contribution in [0.4, 0.5) is 4.79 Å². The van der Waals surface area contributed by atoms with Crippen molar-refractivity contribution in [2.24, 2.45) is 0 Å². The average Bonchev–Trinajstić information content (AvgIpc) is 2.72. The fourth-order valence-corrected chi connectivity index (χ4v) is 3.25. The van der Waals surface area contributed by atoms with Crippen LogP contribution in [-0.2, 0) is 13.0 Å². The Morgan fingerprint density at radius 3 is 2.42 bits per heavy atom. The lowest BCUT2D eigenvalue weighted by Gasteiger charge is -2.34. The predicted molar refractivity (Wildman–Crippen MR) is 103 cm³/mol. The number of benzene rings is 2. The van der Waals surface area contributed by atoms with Gasteiger partial charge in [-0.1, -0.05) is 48.5 Å². The van der Waals surface area contributed by atoms with E-state index in [-0.39, 0.29) is 6.03 Å². The van der Waals surface area contributed by atoms with Crippen molar-refractivity contribution < 1.29 is 9.53 Å². The van der Waals surface area contributed by atoms with Crippen molar-refractivity contribution >= 4 is 6.03 Å². The minimum Gasteiger partial charge on any atom is -0.496 e. The minimum absolute atomic E-state index is 0.0261. The first-order valence-electron chi connectivity index (χ1n) is 9.17. The van der Waals surface area contributed by atoms with Gasteiger partial charge in [-0.05, 0) is 23.6 Å². The number of amides is 2. The van der Waals surface area contributed by atoms with Crippen molar-refractivity contribution in [3.63, 3.8) is 0 Å². The number of carbonyl (C=O) groups excluding carboxylic acids is 1. The number of methoxy groups -OCH3 is 1. The topological polar surface area (TPSA) is 44.8 Å². The Morgan fingerprint density at radius 2 is 1.69 bits per heavy atom. The summed E-state index contributed by atoms with van der Waals surface area (Å²) in [5, 5.41) is 3.01. The molecule has 5 heteroatoms. The average molecular weight is 353 g/mol. The van der Waals surface area contributed by atoms with Gasteiger partial charge in [0.25, 0.3) is 0 Å². The van der Waals surface area contributed by atoms with Gasteiger partial charge in [-0.3, -0.25) is 4.90 Å². The molecule has 1 fully saturated rings. The zero-order valence-electron chi connectivity index (χ0n) is 15.4. The number of piperazine rings is 1. The monoisotopic (exact) mass is 353 g/mol. The van der Waals surface area contributed by atoms with Gasteiger partial charge in [0, 0.05) is 39.3 Å². The van der Waals surface area contributed by atoms with Gasteiger partial charge in [-0.25, -0.2) is 4.79 Å². The summed E-state index contributed by atoms with van der Waals surface area (Å²) in [5.74, 6) is 0.950. The Morgan fingerprint density at radius 1 is 1.00 bits per heavy atom. The Hall–Kier alpha value is -2.53. The molecule has 1 saturated heterocycles. The van der Waals surface area contributed by atoms with Crippen LogP contribution in [0, 0.1) is 0 Å². The van der Waals surface area contributed by atoms with E-state index in [4.69, 9.17) is 4.74 Å². The van der Waals surface area contributed by atoms with Gasteiger partial charge in [0.1, 0.15) is 5.75 Å². The number of nitrogens with one attached hydrogen (secondary N) is 1. The maximum absolute atomic E-state index is 12.3. The van der Waals surface area contributed by atoms with E-state index in [9.17, 15) is 4.79 Å². The third-order valence-electron chi connectivity index (χ3n) is 4.84. The molecule has 2 aromatic carbocycles. The molecule has 0 radical (unpaired) electrons. The molecule has 0 saturated carbocycles. The first-order chi connectivity index (χ1) is 12.8. The van der Waals surface area contributed by atoms with Gasteiger partial charge >= 0.3 is 6.03 Å². The third-order valence-corrected chi connectivity index (χ3v) is 4.84. The number of rotatable bonds is 6. The van der Waals surface area contributed by atoms with Crippen molar-refractivity contribution in [1.82, 2.24) is 15.1 Å². The minimum atomic E-state index is 0.0261. The smallest absolute Gasteiger partial charge is 0.317 e. The quantitative estimate of drug-likeness (QED) is 0.869. The molecule has 1 aliphatic heterocycles. The second-order valence-electron chi connectivity index (χ2n) is 6.53. The van der Waals surface area contributed by atoms with Crippen molar-refractivity contribution in [2.45, 2.75) is 13.0 Å². The van der Waals surface area contributed by atoms with Crippen LogP contribution >= 0.6 is 0 Å². The Labute approximate surface area is 155 Å². The van der Waals surface area contributed by atoms with E-state index >= 15 is 0 Å². The Kier molecular flexibility index (Phi) is 6.50. The molecule has 0 aliphatic carbocycles. The second-order valence-corrected chi connectivity index (χ2v) is 6.53. The molecule has 0 aromatic heterocycles. The highest BCUT2D eigenvalue weighted by molar-refractivity contribution is 5.74. The number of hydrogen-bond acceptors (Lipinski definition) is 3. The zero-order valence-corrected chi connectivity index (χ0v) is 15.4. The number of carbonyl (C=O) groups is 1. The van der Waals surface area contributed by atoms with Gasteiger partial charge in [0.15, 0.2) is 0 Å². The van der Waals surface area contributed by atoms with Crippen LogP contribution in [-0.4, -0.2) is 55.7 Å². The summed E-state index contributed by atoms with van der Waals surface area (Å²) >= 11 is 0. The molecule has 3 rings (SSSR count). The molecule has 138 valence electrons. The van der Waals surface area contributed by atoms with Gasteiger partial charge in [-0.2, -0.15) is 0 Å². The molecule has 1 N–H and O–H groups in total. The van der Waals surface area contributed by atoms with E-state index in [0.717, 1.165) is 50.5 Å². The molecule has 0 atom stereocenters. The molecular weight excluding hydrogens is 326 g/mol. The molecule has 1 aliphatic rings. The highest BCUT2D eigenvalue weighted by Crippen LogP contribution is 2.18. The van der Waals surface area contributed by atoms with E-state index in [2.05, 4.69) is 16.3 Å². The standard InChI is InChI=1S/C21H27N3O2/c1-26-20-10-6-5-9-19(20)11-12-23-13-15-24(16-14-23)21(25)22-17-18-7-3-2-4-8-18/h2-10H,11-17H2,1H3,(H,22,25). The van der Waals surface area contributed by atoms with E-state index < -0.39 is 0 Å². The van der Waals surface area contributed by atoms with Crippen molar-refractivity contribution in [1.29, 1.82) is 0 Å². The largest absolute Gasteiger partial charge is 0.496 e. The van der Waals surface area contributed by atoms with Gasteiger partial charge in [0.2, 0.25) is 0 Å². The summed E-state index contributed by atoms with van der Waals surface area (Å²) in [4.78, 5) is 16.6. The van der Waals surface area contributed by atoms with E-state index in [0.29, 0.717) is 6.54 Å². The molecule has 2 aromatic rings. The highest BCUT2D eigenvalue weighted by Gasteiger charge is 2.20. The SMILES string of the molecule is COc1ccccc1CCN1CCN(C(=O)NCc2ccccc2)CC1. The van der Waals surface area contributed by atoms with Crippen LogP contribution in [0.2, 0.25) is 0 Å². The normalized spacial score (nSPS) is 14.9. The fourth-order valence-electron chi connectivity index (χ4n) is 3.25. The third kappa shape index (κ3) is 4.99.